The normalized spacial score (nSPS) is 11.8. The average molecular weight is 258 g/mol. The van der Waals surface area contributed by atoms with Gasteiger partial charge < -0.3 is 5.11 Å². The molecule has 1 aromatic heterocycles. The van der Waals surface area contributed by atoms with Crippen LogP contribution in [0.2, 0.25) is 0 Å². The van der Waals surface area contributed by atoms with E-state index < -0.39 is 21.0 Å². The van der Waals surface area contributed by atoms with Gasteiger partial charge in [0.2, 0.25) is 0 Å². The van der Waals surface area contributed by atoms with Crippen LogP contribution in [0.25, 0.3) is 10.1 Å². The molecular weight excluding hydrogens is 252 g/mol. The molecular formula is C9H6O5S2. The fraction of sp³-hybridized carbons (Fsp3) is 0. The van der Waals surface area contributed by atoms with Gasteiger partial charge in [-0.15, -0.1) is 11.3 Å². The minimum atomic E-state index is -4.53. The Morgan fingerprint density at radius 1 is 1.25 bits per heavy atom. The molecule has 0 unspecified atom stereocenters. The topological polar surface area (TPSA) is 91.7 Å². The standard InChI is InChI=1S/C9H6O5S2/c10-9(11)7-8(16(12,13)14)5-3-1-2-4-6(5)15-7/h1-4H,(H,10,11)(H,12,13,14). The summed E-state index contributed by atoms with van der Waals surface area (Å²) in [6.07, 6.45) is 0. The van der Waals surface area contributed by atoms with E-state index in [4.69, 9.17) is 9.66 Å². The highest BCUT2D eigenvalue weighted by atomic mass is 32.2. The van der Waals surface area contributed by atoms with Crippen molar-refractivity contribution < 1.29 is 22.9 Å². The van der Waals surface area contributed by atoms with Crippen molar-refractivity contribution in [2.24, 2.45) is 0 Å². The Kier molecular flexibility index (Phi) is 2.45. The number of aromatic carboxylic acids is 1. The molecule has 1 heterocycles. The number of hydrogen-bond acceptors (Lipinski definition) is 4. The van der Waals surface area contributed by atoms with E-state index in [9.17, 15) is 13.2 Å². The zero-order valence-corrected chi connectivity index (χ0v) is 9.38. The molecule has 0 fully saturated rings. The van der Waals surface area contributed by atoms with Gasteiger partial charge in [0.1, 0.15) is 9.77 Å². The second-order valence-corrected chi connectivity index (χ2v) is 5.45. The lowest BCUT2D eigenvalue weighted by Gasteiger charge is -1.96. The van der Waals surface area contributed by atoms with Gasteiger partial charge >= 0.3 is 5.97 Å². The SMILES string of the molecule is O=C(O)c1sc2ccccc2c1S(=O)(=O)O. The second-order valence-electron chi connectivity index (χ2n) is 3.04. The van der Waals surface area contributed by atoms with Crippen molar-refractivity contribution in [2.75, 3.05) is 0 Å². The molecule has 0 saturated carbocycles. The van der Waals surface area contributed by atoms with Gasteiger partial charge in [-0.2, -0.15) is 8.42 Å². The quantitative estimate of drug-likeness (QED) is 0.802. The summed E-state index contributed by atoms with van der Waals surface area (Å²) < 4.78 is 31.8. The highest BCUT2D eigenvalue weighted by Crippen LogP contribution is 2.34. The Balaban J connectivity index is 2.97. The van der Waals surface area contributed by atoms with Gasteiger partial charge in [0.15, 0.2) is 0 Å². The molecule has 7 heteroatoms. The van der Waals surface area contributed by atoms with E-state index >= 15 is 0 Å². The third kappa shape index (κ3) is 1.69. The number of hydrogen-bond donors (Lipinski definition) is 2. The summed E-state index contributed by atoms with van der Waals surface area (Å²) in [7, 11) is -4.53. The molecule has 0 radical (unpaired) electrons. The van der Waals surface area contributed by atoms with E-state index in [0.29, 0.717) is 4.70 Å². The smallest absolute Gasteiger partial charge is 0.347 e. The summed E-state index contributed by atoms with van der Waals surface area (Å²) in [4.78, 5) is 9.97. The fourth-order valence-corrected chi connectivity index (χ4v) is 3.64. The Labute approximate surface area is 94.7 Å². The first-order valence-corrected chi connectivity index (χ1v) is 6.39. The molecule has 16 heavy (non-hydrogen) atoms. The maximum Gasteiger partial charge on any atom is 0.347 e. The summed E-state index contributed by atoms with van der Waals surface area (Å²) in [5.41, 5.74) is 0. The number of thiophene rings is 1. The Hall–Kier alpha value is -1.44. The molecule has 5 nitrogen and oxygen atoms in total. The van der Waals surface area contributed by atoms with Crippen molar-refractivity contribution >= 4 is 37.5 Å². The number of benzene rings is 1. The van der Waals surface area contributed by atoms with E-state index in [0.717, 1.165) is 11.3 Å². The third-order valence-electron chi connectivity index (χ3n) is 2.00. The highest BCUT2D eigenvalue weighted by molar-refractivity contribution is 7.86. The van der Waals surface area contributed by atoms with Crippen molar-refractivity contribution in [1.29, 1.82) is 0 Å². The van der Waals surface area contributed by atoms with Crippen LogP contribution in [0.4, 0.5) is 0 Å². The van der Waals surface area contributed by atoms with E-state index in [-0.39, 0.29) is 10.3 Å². The molecule has 2 aromatic rings. The predicted molar refractivity (Wildman–Crippen MR) is 58.6 cm³/mol. The summed E-state index contributed by atoms with van der Waals surface area (Å²) in [5, 5.41) is 9.09. The number of rotatable bonds is 2. The van der Waals surface area contributed by atoms with Gasteiger partial charge in [-0.3, -0.25) is 4.55 Å². The summed E-state index contributed by atoms with van der Waals surface area (Å²) in [5.74, 6) is -1.37. The molecule has 0 aliphatic rings. The van der Waals surface area contributed by atoms with Crippen molar-refractivity contribution in [3.63, 3.8) is 0 Å². The highest BCUT2D eigenvalue weighted by Gasteiger charge is 2.26. The summed E-state index contributed by atoms with van der Waals surface area (Å²) in [6, 6.07) is 6.30. The predicted octanol–water partition coefficient (Wildman–Crippen LogP) is 1.85. The maximum atomic E-state index is 11.1. The molecule has 0 spiro atoms. The number of fused-ring (bicyclic) bond motifs is 1. The molecule has 0 bridgehead atoms. The van der Waals surface area contributed by atoms with Crippen LogP contribution in [-0.2, 0) is 10.1 Å². The van der Waals surface area contributed by atoms with Crippen LogP contribution < -0.4 is 0 Å². The first-order chi connectivity index (χ1) is 7.41. The maximum absolute atomic E-state index is 11.1. The number of carbonyl (C=O) groups is 1. The third-order valence-corrected chi connectivity index (χ3v) is 4.23. The molecule has 2 N–H and O–H groups in total. The van der Waals surface area contributed by atoms with Crippen molar-refractivity contribution in [3.05, 3.63) is 29.1 Å². The fourth-order valence-electron chi connectivity index (χ4n) is 1.42. The van der Waals surface area contributed by atoms with Crippen LogP contribution >= 0.6 is 11.3 Å². The largest absolute Gasteiger partial charge is 0.477 e. The van der Waals surface area contributed by atoms with Gasteiger partial charge in [-0.1, -0.05) is 18.2 Å². The monoisotopic (exact) mass is 258 g/mol. The van der Waals surface area contributed by atoms with E-state index in [1.807, 2.05) is 0 Å². The number of carboxylic acids is 1. The van der Waals surface area contributed by atoms with E-state index in [2.05, 4.69) is 0 Å². The molecule has 0 saturated heterocycles. The number of carboxylic acid groups (broad SMARTS) is 1. The van der Waals surface area contributed by atoms with Crippen molar-refractivity contribution in [1.82, 2.24) is 0 Å². The van der Waals surface area contributed by atoms with E-state index in [1.54, 1.807) is 18.2 Å². The minimum absolute atomic E-state index is 0.229. The van der Waals surface area contributed by atoms with Crippen LogP contribution in [0.3, 0.4) is 0 Å². The molecule has 0 amide bonds. The van der Waals surface area contributed by atoms with Crippen molar-refractivity contribution in [2.45, 2.75) is 4.90 Å². The van der Waals surface area contributed by atoms with E-state index in [1.165, 1.54) is 6.07 Å². The first-order valence-electron chi connectivity index (χ1n) is 4.13. The first kappa shape index (κ1) is 11.1. The van der Waals surface area contributed by atoms with Gasteiger partial charge in [-0.25, -0.2) is 4.79 Å². The minimum Gasteiger partial charge on any atom is -0.477 e. The van der Waals surface area contributed by atoms with Crippen LogP contribution in [0.15, 0.2) is 29.2 Å². The molecule has 2 rings (SSSR count). The molecule has 0 atom stereocenters. The van der Waals surface area contributed by atoms with Gasteiger partial charge in [0.25, 0.3) is 10.1 Å². The molecule has 0 aliphatic carbocycles. The Morgan fingerprint density at radius 3 is 2.44 bits per heavy atom. The summed E-state index contributed by atoms with van der Waals surface area (Å²) in [6.45, 7) is 0. The molecule has 1 aromatic carbocycles. The van der Waals surface area contributed by atoms with Crippen LogP contribution in [0.5, 0.6) is 0 Å². The van der Waals surface area contributed by atoms with Crippen molar-refractivity contribution in [3.8, 4) is 0 Å². The lowest BCUT2D eigenvalue weighted by molar-refractivity contribution is 0.0698. The summed E-state index contributed by atoms with van der Waals surface area (Å²) >= 11 is 0.820. The van der Waals surface area contributed by atoms with Crippen LogP contribution in [-0.4, -0.2) is 24.0 Å². The lowest BCUT2D eigenvalue weighted by Crippen LogP contribution is -2.04. The Bertz CT molecular complexity index is 668. The second kappa shape index (κ2) is 3.55. The Morgan fingerprint density at radius 2 is 1.88 bits per heavy atom. The van der Waals surface area contributed by atoms with Crippen LogP contribution in [0.1, 0.15) is 9.67 Å². The van der Waals surface area contributed by atoms with Crippen LogP contribution in [0, 0.1) is 0 Å². The van der Waals surface area contributed by atoms with Gasteiger partial charge in [0, 0.05) is 10.1 Å². The zero-order valence-electron chi connectivity index (χ0n) is 7.75. The molecule has 84 valence electrons. The lowest BCUT2D eigenvalue weighted by atomic mass is 10.2. The average Bonchev–Trinajstić information content (AvgIpc) is 2.55. The van der Waals surface area contributed by atoms with Gasteiger partial charge in [0.05, 0.1) is 0 Å². The molecule has 0 aliphatic heterocycles. The zero-order chi connectivity index (χ0) is 11.9. The van der Waals surface area contributed by atoms with Gasteiger partial charge in [-0.05, 0) is 6.07 Å².